The minimum absolute atomic E-state index is 0.0706. The minimum Gasteiger partial charge on any atom is -0.284 e. The first kappa shape index (κ1) is 15.4. The lowest BCUT2D eigenvalue weighted by Crippen LogP contribution is -2.18. The van der Waals surface area contributed by atoms with Crippen LogP contribution in [0, 0.1) is 12.3 Å². The number of terminal acetylenes is 1. The van der Waals surface area contributed by atoms with Gasteiger partial charge in [0.1, 0.15) is 0 Å². The highest BCUT2D eigenvalue weighted by Crippen LogP contribution is 2.48. The zero-order valence-corrected chi connectivity index (χ0v) is 11.3. The summed E-state index contributed by atoms with van der Waals surface area (Å²) < 4.78 is 0. The third kappa shape index (κ3) is 3.46. The molecule has 1 aromatic carbocycles. The second-order valence-corrected chi connectivity index (χ2v) is 3.42. The molecule has 0 aromatic heterocycles. The standard InChI is InChI=1S/C12H10O.2C2H6/c1-2-11(13)12(8-9-12)10-6-4-3-5-7-10;2*1-2/h1,3-7H,8-9H2;2*1-2H3. The lowest BCUT2D eigenvalue weighted by molar-refractivity contribution is -0.116. The molecular formula is C16H22O. The van der Waals surface area contributed by atoms with Gasteiger partial charge in [0.05, 0.1) is 5.41 Å². The molecule has 1 nitrogen and oxygen atoms in total. The molecule has 0 atom stereocenters. The van der Waals surface area contributed by atoms with E-state index in [2.05, 4.69) is 5.92 Å². The van der Waals surface area contributed by atoms with E-state index >= 15 is 0 Å². The quantitative estimate of drug-likeness (QED) is 0.555. The third-order valence-corrected chi connectivity index (χ3v) is 2.64. The first-order valence-electron chi connectivity index (χ1n) is 6.36. The normalized spacial score (nSPS) is 14.1. The lowest BCUT2D eigenvalue weighted by Gasteiger charge is -2.09. The lowest BCUT2D eigenvalue weighted by atomic mass is 9.92. The van der Waals surface area contributed by atoms with E-state index in [-0.39, 0.29) is 11.2 Å². The number of carbonyl (C=O) groups is 1. The second kappa shape index (κ2) is 7.68. The topological polar surface area (TPSA) is 17.1 Å². The van der Waals surface area contributed by atoms with Gasteiger partial charge in [-0.15, -0.1) is 6.42 Å². The molecule has 0 aliphatic heterocycles. The Balaban J connectivity index is 0.000000581. The van der Waals surface area contributed by atoms with Crippen molar-refractivity contribution in [1.82, 2.24) is 0 Å². The molecule has 1 heteroatoms. The summed E-state index contributed by atoms with van der Waals surface area (Å²) in [5.41, 5.74) is 0.744. The van der Waals surface area contributed by atoms with Crippen molar-refractivity contribution in [3.8, 4) is 12.3 Å². The highest BCUT2D eigenvalue weighted by atomic mass is 16.1. The van der Waals surface area contributed by atoms with Crippen molar-refractivity contribution < 1.29 is 4.79 Å². The molecule has 0 saturated heterocycles. The molecule has 1 fully saturated rings. The van der Waals surface area contributed by atoms with E-state index in [4.69, 9.17) is 6.42 Å². The fourth-order valence-electron chi connectivity index (χ4n) is 1.67. The van der Waals surface area contributed by atoms with Gasteiger partial charge in [0.15, 0.2) is 0 Å². The van der Waals surface area contributed by atoms with Crippen molar-refractivity contribution >= 4 is 5.78 Å². The van der Waals surface area contributed by atoms with Gasteiger partial charge in [-0.3, -0.25) is 4.79 Å². The summed E-state index contributed by atoms with van der Waals surface area (Å²) >= 11 is 0. The maximum Gasteiger partial charge on any atom is 0.215 e. The monoisotopic (exact) mass is 230 g/mol. The Morgan fingerprint density at radius 1 is 1.12 bits per heavy atom. The fourth-order valence-corrected chi connectivity index (χ4v) is 1.67. The van der Waals surface area contributed by atoms with Crippen LogP contribution in [0.5, 0.6) is 0 Å². The van der Waals surface area contributed by atoms with Crippen LogP contribution >= 0.6 is 0 Å². The molecule has 0 radical (unpaired) electrons. The molecule has 92 valence electrons. The Morgan fingerprint density at radius 2 is 1.59 bits per heavy atom. The Hall–Kier alpha value is -1.55. The van der Waals surface area contributed by atoms with Crippen LogP contribution in [0.3, 0.4) is 0 Å². The Labute approximate surface area is 105 Å². The van der Waals surface area contributed by atoms with Crippen molar-refractivity contribution in [2.75, 3.05) is 0 Å². The molecule has 0 amide bonds. The van der Waals surface area contributed by atoms with E-state index < -0.39 is 0 Å². The van der Waals surface area contributed by atoms with Gasteiger partial charge in [0.25, 0.3) is 0 Å². The maximum atomic E-state index is 11.5. The van der Waals surface area contributed by atoms with E-state index in [1.54, 1.807) is 0 Å². The molecule has 1 aliphatic carbocycles. The highest BCUT2D eigenvalue weighted by Gasteiger charge is 2.50. The molecule has 1 aromatic rings. The average molecular weight is 230 g/mol. The number of carbonyl (C=O) groups excluding carboxylic acids is 1. The highest BCUT2D eigenvalue weighted by molar-refractivity contribution is 6.05. The van der Waals surface area contributed by atoms with Crippen molar-refractivity contribution in [3.05, 3.63) is 35.9 Å². The van der Waals surface area contributed by atoms with E-state index in [1.807, 2.05) is 58.0 Å². The van der Waals surface area contributed by atoms with Crippen molar-refractivity contribution in [1.29, 1.82) is 0 Å². The Morgan fingerprint density at radius 3 is 1.94 bits per heavy atom. The summed E-state index contributed by atoms with van der Waals surface area (Å²) in [5.74, 6) is 2.16. The molecule has 0 heterocycles. The average Bonchev–Trinajstić information content (AvgIpc) is 3.25. The Kier molecular flexibility index (Phi) is 6.98. The van der Waals surface area contributed by atoms with Crippen LogP contribution in [0.25, 0.3) is 0 Å². The van der Waals surface area contributed by atoms with Crippen molar-refractivity contribution in [2.24, 2.45) is 0 Å². The van der Waals surface area contributed by atoms with E-state index in [0.717, 1.165) is 18.4 Å². The molecule has 17 heavy (non-hydrogen) atoms. The third-order valence-electron chi connectivity index (χ3n) is 2.64. The van der Waals surface area contributed by atoms with Crippen LogP contribution in [-0.4, -0.2) is 5.78 Å². The zero-order valence-electron chi connectivity index (χ0n) is 11.3. The summed E-state index contributed by atoms with van der Waals surface area (Å²) in [4.78, 5) is 11.5. The first-order chi connectivity index (χ1) is 8.29. The van der Waals surface area contributed by atoms with Crippen LogP contribution in [0.4, 0.5) is 0 Å². The van der Waals surface area contributed by atoms with Crippen LogP contribution < -0.4 is 0 Å². The van der Waals surface area contributed by atoms with Gasteiger partial charge in [-0.05, 0) is 24.3 Å². The maximum absolute atomic E-state index is 11.5. The number of ketones is 1. The fraction of sp³-hybridized carbons (Fsp3) is 0.438. The predicted molar refractivity (Wildman–Crippen MR) is 73.9 cm³/mol. The predicted octanol–water partition coefficient (Wildman–Crippen LogP) is 3.97. The summed E-state index contributed by atoms with van der Waals surface area (Å²) in [7, 11) is 0. The zero-order chi connectivity index (χ0) is 13.3. The van der Waals surface area contributed by atoms with Gasteiger partial charge >= 0.3 is 0 Å². The minimum atomic E-state index is -0.323. The van der Waals surface area contributed by atoms with E-state index in [0.29, 0.717) is 0 Å². The first-order valence-corrected chi connectivity index (χ1v) is 6.36. The molecule has 1 saturated carbocycles. The number of hydrogen-bond acceptors (Lipinski definition) is 1. The SMILES string of the molecule is C#CC(=O)C1(c2ccccc2)CC1.CC.CC. The van der Waals surface area contributed by atoms with Gasteiger partial charge in [-0.2, -0.15) is 0 Å². The Bertz CT molecular complexity index is 366. The number of hydrogen-bond donors (Lipinski definition) is 0. The summed E-state index contributed by atoms with van der Waals surface area (Å²) in [6.07, 6.45) is 6.94. The molecule has 0 unspecified atom stereocenters. The van der Waals surface area contributed by atoms with Gasteiger partial charge < -0.3 is 0 Å². The van der Waals surface area contributed by atoms with Gasteiger partial charge in [0, 0.05) is 0 Å². The summed E-state index contributed by atoms with van der Waals surface area (Å²) in [5, 5.41) is 0. The van der Waals surface area contributed by atoms with E-state index in [1.165, 1.54) is 0 Å². The van der Waals surface area contributed by atoms with Gasteiger partial charge in [-0.25, -0.2) is 0 Å². The number of benzene rings is 1. The van der Waals surface area contributed by atoms with Crippen LogP contribution in [0.15, 0.2) is 30.3 Å². The van der Waals surface area contributed by atoms with Crippen molar-refractivity contribution in [2.45, 2.75) is 46.0 Å². The van der Waals surface area contributed by atoms with E-state index in [9.17, 15) is 4.79 Å². The molecular weight excluding hydrogens is 208 g/mol. The summed E-state index contributed by atoms with van der Waals surface area (Å²) in [6, 6.07) is 9.78. The van der Waals surface area contributed by atoms with Crippen LogP contribution in [0.1, 0.15) is 46.1 Å². The summed E-state index contributed by atoms with van der Waals surface area (Å²) in [6.45, 7) is 8.00. The molecule has 1 aliphatic rings. The smallest absolute Gasteiger partial charge is 0.215 e. The molecule has 2 rings (SSSR count). The molecule has 0 spiro atoms. The van der Waals surface area contributed by atoms with Crippen LogP contribution in [0.2, 0.25) is 0 Å². The second-order valence-electron chi connectivity index (χ2n) is 3.42. The molecule has 0 bridgehead atoms. The largest absolute Gasteiger partial charge is 0.284 e. The van der Waals surface area contributed by atoms with Crippen molar-refractivity contribution in [3.63, 3.8) is 0 Å². The van der Waals surface area contributed by atoms with Gasteiger partial charge in [-0.1, -0.05) is 58.0 Å². The molecule has 0 N–H and O–H groups in total. The number of rotatable bonds is 2. The number of Topliss-reactive ketones (excluding diaryl/α,β-unsaturated/α-hetero) is 1. The van der Waals surface area contributed by atoms with Crippen LogP contribution in [-0.2, 0) is 10.2 Å². The van der Waals surface area contributed by atoms with Gasteiger partial charge in [0.2, 0.25) is 5.78 Å².